The Morgan fingerprint density at radius 2 is 1.79 bits per heavy atom. The molecule has 0 aliphatic carbocycles. The van der Waals surface area contributed by atoms with Crippen molar-refractivity contribution in [2.75, 3.05) is 7.11 Å². The second-order valence-electron chi connectivity index (χ2n) is 9.10. The Balaban J connectivity index is 1.85. The fourth-order valence-corrected chi connectivity index (χ4v) is 4.11. The van der Waals surface area contributed by atoms with Crippen LogP contribution in [0.25, 0.3) is 5.70 Å². The van der Waals surface area contributed by atoms with Gasteiger partial charge in [0.2, 0.25) is 0 Å². The molecule has 1 aliphatic heterocycles. The second kappa shape index (κ2) is 9.54. The van der Waals surface area contributed by atoms with Crippen molar-refractivity contribution in [2.45, 2.75) is 58.0 Å². The van der Waals surface area contributed by atoms with E-state index in [4.69, 9.17) is 11.2 Å². The highest BCUT2D eigenvalue weighted by Crippen LogP contribution is 2.32. The standard InChI is InChI=1S/C28H32N2O3/c1-7-28(8-2,9-3)30-26(32)20-12-10-19(11-13-20)25(31)17-24-23-16-22(33-6)15-14-21(23)18-27(4,5)29-24/h1,10-17,29H,8-9,18H2,2-6H3,(H,30,32)/b24-17-. The zero-order chi connectivity index (χ0) is 24.2. The number of nitrogens with one attached hydrogen (secondary N) is 2. The maximum atomic E-state index is 13.1. The number of carbonyl (C=O) groups excluding carboxylic acids is 2. The van der Waals surface area contributed by atoms with Gasteiger partial charge in [0.15, 0.2) is 5.78 Å². The molecule has 0 spiro atoms. The van der Waals surface area contributed by atoms with Crippen LogP contribution in [0.4, 0.5) is 0 Å². The first-order valence-electron chi connectivity index (χ1n) is 11.3. The zero-order valence-electron chi connectivity index (χ0n) is 20.0. The third kappa shape index (κ3) is 5.28. The molecule has 1 heterocycles. The summed E-state index contributed by atoms with van der Waals surface area (Å²) in [6.07, 6.45) is 9.40. The number of rotatable bonds is 7. The van der Waals surface area contributed by atoms with E-state index >= 15 is 0 Å². The molecule has 3 rings (SSSR count). The summed E-state index contributed by atoms with van der Waals surface area (Å²) in [6, 6.07) is 12.6. The summed E-state index contributed by atoms with van der Waals surface area (Å²) in [4.78, 5) is 25.7. The fourth-order valence-electron chi connectivity index (χ4n) is 4.11. The van der Waals surface area contributed by atoms with E-state index in [9.17, 15) is 9.59 Å². The van der Waals surface area contributed by atoms with Gasteiger partial charge >= 0.3 is 0 Å². The minimum atomic E-state index is -0.663. The highest BCUT2D eigenvalue weighted by atomic mass is 16.5. The summed E-state index contributed by atoms with van der Waals surface area (Å²) in [7, 11) is 1.63. The van der Waals surface area contributed by atoms with Crippen molar-refractivity contribution in [3.05, 3.63) is 70.8 Å². The lowest BCUT2D eigenvalue weighted by Crippen LogP contribution is -2.46. The van der Waals surface area contributed by atoms with Crippen molar-refractivity contribution in [3.8, 4) is 18.1 Å². The van der Waals surface area contributed by atoms with Crippen LogP contribution < -0.4 is 15.4 Å². The molecule has 1 amide bonds. The number of benzene rings is 2. The van der Waals surface area contributed by atoms with E-state index in [1.54, 1.807) is 37.5 Å². The van der Waals surface area contributed by atoms with Gasteiger partial charge in [-0.15, -0.1) is 6.42 Å². The van der Waals surface area contributed by atoms with Crippen molar-refractivity contribution < 1.29 is 14.3 Å². The quantitative estimate of drug-likeness (QED) is 0.367. The average Bonchev–Trinajstić information content (AvgIpc) is 2.81. The molecule has 0 bridgehead atoms. The number of amides is 1. The molecule has 0 fully saturated rings. The van der Waals surface area contributed by atoms with Crippen LogP contribution in [0.1, 0.15) is 72.4 Å². The molecule has 5 nitrogen and oxygen atoms in total. The first-order chi connectivity index (χ1) is 15.7. The molecule has 5 heteroatoms. The Morgan fingerprint density at radius 3 is 2.36 bits per heavy atom. The van der Waals surface area contributed by atoms with Gasteiger partial charge in [0, 0.05) is 34.0 Å². The van der Waals surface area contributed by atoms with Crippen molar-refractivity contribution in [3.63, 3.8) is 0 Å². The van der Waals surface area contributed by atoms with E-state index in [0.717, 1.165) is 29.0 Å². The molecule has 172 valence electrons. The van der Waals surface area contributed by atoms with Gasteiger partial charge in [-0.05, 0) is 62.9 Å². The van der Waals surface area contributed by atoms with Gasteiger partial charge in [-0.1, -0.05) is 38.0 Å². The Labute approximate surface area is 196 Å². The lowest BCUT2D eigenvalue weighted by Gasteiger charge is -2.35. The van der Waals surface area contributed by atoms with Crippen molar-refractivity contribution in [1.82, 2.24) is 10.6 Å². The summed E-state index contributed by atoms with van der Waals surface area (Å²) in [6.45, 7) is 8.11. The average molecular weight is 445 g/mol. The topological polar surface area (TPSA) is 67.4 Å². The number of ether oxygens (including phenoxy) is 1. The van der Waals surface area contributed by atoms with Gasteiger partial charge in [-0.3, -0.25) is 9.59 Å². The Morgan fingerprint density at radius 1 is 1.15 bits per heavy atom. The largest absolute Gasteiger partial charge is 0.497 e. The molecular formula is C28H32N2O3. The third-order valence-corrected chi connectivity index (χ3v) is 6.26. The van der Waals surface area contributed by atoms with Crippen LogP contribution in [0.2, 0.25) is 0 Å². The molecule has 2 aromatic carbocycles. The van der Waals surface area contributed by atoms with Gasteiger partial charge in [0.25, 0.3) is 5.91 Å². The molecule has 0 radical (unpaired) electrons. The summed E-state index contributed by atoms with van der Waals surface area (Å²) >= 11 is 0. The predicted octanol–water partition coefficient (Wildman–Crippen LogP) is 4.77. The molecular weight excluding hydrogens is 412 g/mol. The fraction of sp³-hybridized carbons (Fsp3) is 0.357. The summed E-state index contributed by atoms with van der Waals surface area (Å²) in [5.74, 6) is 3.06. The number of allylic oxidation sites excluding steroid dienone is 1. The molecule has 2 N–H and O–H groups in total. The SMILES string of the molecule is C#CC(CC)(CC)NC(=O)c1ccc(C(=O)/C=C2\NC(C)(C)Cc3ccc(OC)cc32)cc1. The van der Waals surface area contributed by atoms with E-state index < -0.39 is 5.54 Å². The number of terminal acetylenes is 1. The Kier molecular flexibility index (Phi) is 6.98. The molecule has 0 atom stereocenters. The molecule has 2 aromatic rings. The maximum Gasteiger partial charge on any atom is 0.252 e. The van der Waals surface area contributed by atoms with Crippen LogP contribution in [0.5, 0.6) is 5.75 Å². The minimum Gasteiger partial charge on any atom is -0.497 e. The van der Waals surface area contributed by atoms with Gasteiger partial charge in [0.05, 0.1) is 7.11 Å². The normalized spacial score (nSPS) is 15.7. The predicted molar refractivity (Wildman–Crippen MR) is 132 cm³/mol. The number of hydrogen-bond acceptors (Lipinski definition) is 4. The summed E-state index contributed by atoms with van der Waals surface area (Å²) in [5, 5.41) is 6.42. The number of fused-ring (bicyclic) bond motifs is 1. The van der Waals surface area contributed by atoms with Crippen LogP contribution in [0, 0.1) is 12.3 Å². The van der Waals surface area contributed by atoms with E-state index in [-0.39, 0.29) is 17.2 Å². The number of ketones is 1. The summed E-state index contributed by atoms with van der Waals surface area (Å²) in [5.41, 5.74) is 3.01. The van der Waals surface area contributed by atoms with Crippen molar-refractivity contribution in [2.24, 2.45) is 0 Å². The smallest absolute Gasteiger partial charge is 0.252 e. The van der Waals surface area contributed by atoms with E-state index in [2.05, 4.69) is 30.4 Å². The highest BCUT2D eigenvalue weighted by molar-refractivity contribution is 6.09. The van der Waals surface area contributed by atoms with Gasteiger partial charge in [-0.2, -0.15) is 0 Å². The van der Waals surface area contributed by atoms with Crippen molar-refractivity contribution in [1.29, 1.82) is 0 Å². The van der Waals surface area contributed by atoms with Crippen LogP contribution in [0.15, 0.2) is 48.5 Å². The van der Waals surface area contributed by atoms with E-state index in [0.29, 0.717) is 24.0 Å². The monoisotopic (exact) mass is 444 g/mol. The lowest BCUT2D eigenvalue weighted by molar-refractivity contribution is 0.0915. The maximum absolute atomic E-state index is 13.1. The molecule has 0 saturated heterocycles. The Bertz CT molecular complexity index is 1120. The number of methoxy groups -OCH3 is 1. The molecule has 0 unspecified atom stereocenters. The highest BCUT2D eigenvalue weighted by Gasteiger charge is 2.29. The van der Waals surface area contributed by atoms with Crippen LogP contribution >= 0.6 is 0 Å². The molecule has 1 aliphatic rings. The van der Waals surface area contributed by atoms with Crippen LogP contribution in [0.3, 0.4) is 0 Å². The van der Waals surface area contributed by atoms with E-state index in [1.807, 2.05) is 32.0 Å². The van der Waals surface area contributed by atoms with Gasteiger partial charge < -0.3 is 15.4 Å². The van der Waals surface area contributed by atoms with E-state index in [1.165, 1.54) is 0 Å². The van der Waals surface area contributed by atoms with Crippen LogP contribution in [-0.2, 0) is 6.42 Å². The van der Waals surface area contributed by atoms with Crippen LogP contribution in [-0.4, -0.2) is 29.9 Å². The molecule has 33 heavy (non-hydrogen) atoms. The van der Waals surface area contributed by atoms with Crippen molar-refractivity contribution >= 4 is 17.4 Å². The Hall–Kier alpha value is -3.52. The minimum absolute atomic E-state index is 0.143. The lowest BCUT2D eigenvalue weighted by atomic mass is 9.85. The summed E-state index contributed by atoms with van der Waals surface area (Å²) < 4.78 is 5.37. The first-order valence-corrected chi connectivity index (χ1v) is 11.3. The van der Waals surface area contributed by atoms with Gasteiger partial charge in [-0.25, -0.2) is 0 Å². The van der Waals surface area contributed by atoms with Gasteiger partial charge in [0.1, 0.15) is 11.3 Å². The second-order valence-corrected chi connectivity index (χ2v) is 9.10. The number of hydrogen-bond donors (Lipinski definition) is 2. The number of carbonyl (C=O) groups is 2. The molecule has 0 aromatic heterocycles. The zero-order valence-corrected chi connectivity index (χ0v) is 20.0. The molecule has 0 saturated carbocycles. The first kappa shape index (κ1) is 24.1. The third-order valence-electron chi connectivity index (χ3n) is 6.26.